The lowest BCUT2D eigenvalue weighted by Crippen LogP contribution is -2.29. The van der Waals surface area contributed by atoms with Gasteiger partial charge in [0.25, 0.3) is 0 Å². The largest absolute Gasteiger partial charge is 0.465 e. The van der Waals surface area contributed by atoms with Crippen LogP contribution in [0.3, 0.4) is 0 Å². The molecule has 2 unspecified atom stereocenters. The summed E-state index contributed by atoms with van der Waals surface area (Å²) in [6.07, 6.45) is 5.74. The summed E-state index contributed by atoms with van der Waals surface area (Å²) in [5.74, 6) is 2.70. The zero-order chi connectivity index (χ0) is 12.8. The van der Waals surface area contributed by atoms with Crippen molar-refractivity contribution in [1.82, 2.24) is 5.32 Å². The van der Waals surface area contributed by atoms with Crippen molar-refractivity contribution in [3.63, 3.8) is 0 Å². The molecular formula is C15H25NO2. The molecule has 1 aromatic rings. The van der Waals surface area contributed by atoms with E-state index in [9.17, 15) is 0 Å². The highest BCUT2D eigenvalue weighted by atomic mass is 16.5. The summed E-state index contributed by atoms with van der Waals surface area (Å²) in [5.41, 5.74) is 0. The molecule has 0 saturated heterocycles. The Morgan fingerprint density at radius 2 is 2.17 bits per heavy atom. The Morgan fingerprint density at radius 3 is 2.89 bits per heavy atom. The lowest BCUT2D eigenvalue weighted by molar-refractivity contribution is -0.00331. The molecule has 0 spiro atoms. The van der Waals surface area contributed by atoms with Crippen LogP contribution in [0.15, 0.2) is 16.5 Å². The summed E-state index contributed by atoms with van der Waals surface area (Å²) in [6.45, 7) is 6.76. The molecule has 2 atom stereocenters. The Kier molecular flexibility index (Phi) is 5.26. The van der Waals surface area contributed by atoms with Crippen molar-refractivity contribution in [3.8, 4) is 0 Å². The van der Waals surface area contributed by atoms with Crippen molar-refractivity contribution in [3.05, 3.63) is 23.7 Å². The van der Waals surface area contributed by atoms with E-state index in [0.29, 0.717) is 6.10 Å². The molecule has 1 saturated carbocycles. The van der Waals surface area contributed by atoms with Crippen molar-refractivity contribution in [2.45, 2.75) is 52.2 Å². The standard InChI is InChI=1S/C15H25NO2/c1-12-5-3-4-6-15(12)17-10-9-16-11-14-8-7-13(2)18-14/h7-8,12,15-16H,3-6,9-11H2,1-2H3. The van der Waals surface area contributed by atoms with Crippen LogP contribution in [0.5, 0.6) is 0 Å². The maximum atomic E-state index is 5.95. The molecule has 3 heteroatoms. The Balaban J connectivity index is 1.55. The molecule has 0 amide bonds. The maximum absolute atomic E-state index is 5.95. The molecule has 0 aromatic carbocycles. The molecule has 1 aliphatic carbocycles. The molecule has 0 aliphatic heterocycles. The molecule has 1 aliphatic rings. The van der Waals surface area contributed by atoms with Gasteiger partial charge >= 0.3 is 0 Å². The number of nitrogens with one attached hydrogen (secondary N) is 1. The van der Waals surface area contributed by atoms with Crippen LogP contribution in [-0.2, 0) is 11.3 Å². The lowest BCUT2D eigenvalue weighted by Gasteiger charge is -2.28. The fourth-order valence-electron chi connectivity index (χ4n) is 2.60. The second-order valence-electron chi connectivity index (χ2n) is 5.36. The predicted octanol–water partition coefficient (Wildman–Crippen LogP) is 3.27. The quantitative estimate of drug-likeness (QED) is 0.788. The smallest absolute Gasteiger partial charge is 0.117 e. The molecular weight excluding hydrogens is 226 g/mol. The highest BCUT2D eigenvalue weighted by Crippen LogP contribution is 2.25. The first-order valence-electron chi connectivity index (χ1n) is 7.13. The molecule has 1 aromatic heterocycles. The van der Waals surface area contributed by atoms with Crippen molar-refractivity contribution < 1.29 is 9.15 Å². The first-order valence-corrected chi connectivity index (χ1v) is 7.13. The molecule has 102 valence electrons. The van der Waals surface area contributed by atoms with E-state index in [4.69, 9.17) is 9.15 Å². The Bertz CT molecular complexity index is 348. The van der Waals surface area contributed by atoms with E-state index in [1.54, 1.807) is 0 Å². The van der Waals surface area contributed by atoms with Crippen LogP contribution < -0.4 is 5.32 Å². The highest BCUT2D eigenvalue weighted by Gasteiger charge is 2.21. The summed E-state index contributed by atoms with van der Waals surface area (Å²) < 4.78 is 11.4. The van der Waals surface area contributed by atoms with Gasteiger partial charge in [-0.1, -0.05) is 19.8 Å². The van der Waals surface area contributed by atoms with E-state index in [1.807, 2.05) is 19.1 Å². The third kappa shape index (κ3) is 4.14. The van der Waals surface area contributed by atoms with E-state index < -0.39 is 0 Å². The van der Waals surface area contributed by atoms with Crippen molar-refractivity contribution in [1.29, 1.82) is 0 Å². The zero-order valence-electron chi connectivity index (χ0n) is 11.6. The molecule has 1 fully saturated rings. The fraction of sp³-hybridized carbons (Fsp3) is 0.733. The van der Waals surface area contributed by atoms with Crippen LogP contribution in [0.1, 0.15) is 44.1 Å². The van der Waals surface area contributed by atoms with Gasteiger partial charge in [-0.15, -0.1) is 0 Å². The summed E-state index contributed by atoms with van der Waals surface area (Å²) in [7, 11) is 0. The summed E-state index contributed by atoms with van der Waals surface area (Å²) >= 11 is 0. The average molecular weight is 251 g/mol. The molecule has 0 bridgehead atoms. The summed E-state index contributed by atoms with van der Waals surface area (Å²) in [5, 5.41) is 3.35. The molecule has 18 heavy (non-hydrogen) atoms. The maximum Gasteiger partial charge on any atom is 0.117 e. The number of ether oxygens (including phenoxy) is 1. The first kappa shape index (κ1) is 13.6. The minimum absolute atomic E-state index is 0.478. The van der Waals surface area contributed by atoms with Gasteiger partial charge < -0.3 is 14.5 Å². The Morgan fingerprint density at radius 1 is 1.33 bits per heavy atom. The van der Waals surface area contributed by atoms with Gasteiger partial charge in [0.15, 0.2) is 0 Å². The van der Waals surface area contributed by atoms with Gasteiger partial charge in [-0.2, -0.15) is 0 Å². The van der Waals surface area contributed by atoms with Crippen LogP contribution in [0.2, 0.25) is 0 Å². The SMILES string of the molecule is Cc1ccc(CNCCOC2CCCCC2C)o1. The van der Waals surface area contributed by atoms with Gasteiger partial charge in [-0.25, -0.2) is 0 Å². The van der Waals surface area contributed by atoms with Crippen molar-refractivity contribution in [2.75, 3.05) is 13.2 Å². The third-order valence-electron chi connectivity index (χ3n) is 3.74. The number of hydrogen-bond acceptors (Lipinski definition) is 3. The van der Waals surface area contributed by atoms with Gasteiger partial charge in [0, 0.05) is 6.54 Å². The molecule has 3 nitrogen and oxygen atoms in total. The van der Waals surface area contributed by atoms with Gasteiger partial charge in [0.05, 0.1) is 19.3 Å². The van der Waals surface area contributed by atoms with E-state index in [2.05, 4.69) is 12.2 Å². The van der Waals surface area contributed by atoms with Crippen LogP contribution in [0.25, 0.3) is 0 Å². The monoisotopic (exact) mass is 251 g/mol. The lowest BCUT2D eigenvalue weighted by atomic mass is 9.88. The van der Waals surface area contributed by atoms with E-state index in [-0.39, 0.29) is 0 Å². The zero-order valence-corrected chi connectivity index (χ0v) is 11.6. The van der Waals surface area contributed by atoms with E-state index >= 15 is 0 Å². The molecule has 1 N–H and O–H groups in total. The predicted molar refractivity (Wildman–Crippen MR) is 72.5 cm³/mol. The Labute approximate surface area is 110 Å². The average Bonchev–Trinajstić information content (AvgIpc) is 2.77. The summed E-state index contributed by atoms with van der Waals surface area (Å²) in [4.78, 5) is 0. The van der Waals surface area contributed by atoms with E-state index in [0.717, 1.165) is 37.1 Å². The number of furan rings is 1. The van der Waals surface area contributed by atoms with Gasteiger partial charge in [0.1, 0.15) is 11.5 Å². The van der Waals surface area contributed by atoms with Crippen molar-refractivity contribution >= 4 is 0 Å². The number of aryl methyl sites for hydroxylation is 1. The normalized spacial score (nSPS) is 24.3. The van der Waals surface area contributed by atoms with Crippen LogP contribution in [0.4, 0.5) is 0 Å². The summed E-state index contributed by atoms with van der Waals surface area (Å²) in [6, 6.07) is 4.02. The van der Waals surface area contributed by atoms with Crippen LogP contribution >= 0.6 is 0 Å². The second-order valence-corrected chi connectivity index (χ2v) is 5.36. The minimum atomic E-state index is 0.478. The van der Waals surface area contributed by atoms with E-state index in [1.165, 1.54) is 25.7 Å². The topological polar surface area (TPSA) is 34.4 Å². The Hall–Kier alpha value is -0.800. The number of hydrogen-bond donors (Lipinski definition) is 1. The van der Waals surface area contributed by atoms with Gasteiger partial charge in [-0.3, -0.25) is 0 Å². The molecule has 1 heterocycles. The first-order chi connectivity index (χ1) is 8.75. The molecule has 2 rings (SSSR count). The van der Waals surface area contributed by atoms with Crippen molar-refractivity contribution in [2.24, 2.45) is 5.92 Å². The minimum Gasteiger partial charge on any atom is -0.465 e. The molecule has 0 radical (unpaired) electrons. The second kappa shape index (κ2) is 6.95. The fourth-order valence-corrected chi connectivity index (χ4v) is 2.60. The van der Waals surface area contributed by atoms with Gasteiger partial charge in [0.2, 0.25) is 0 Å². The number of rotatable bonds is 6. The third-order valence-corrected chi connectivity index (χ3v) is 3.74. The van der Waals surface area contributed by atoms with Crippen LogP contribution in [0, 0.1) is 12.8 Å². The highest BCUT2D eigenvalue weighted by molar-refractivity contribution is 5.04. The van der Waals surface area contributed by atoms with Gasteiger partial charge in [-0.05, 0) is 37.8 Å². The van der Waals surface area contributed by atoms with Crippen LogP contribution in [-0.4, -0.2) is 19.3 Å².